The summed E-state index contributed by atoms with van der Waals surface area (Å²) in [6.45, 7) is 1.19. The molecule has 37 heavy (non-hydrogen) atoms. The Kier molecular flexibility index (Phi) is 7.52. The van der Waals surface area contributed by atoms with E-state index in [4.69, 9.17) is 23.2 Å². The molecule has 6 nitrogen and oxygen atoms in total. The van der Waals surface area contributed by atoms with Crippen molar-refractivity contribution in [3.63, 3.8) is 0 Å². The van der Waals surface area contributed by atoms with Gasteiger partial charge in [-0.25, -0.2) is 8.42 Å². The Morgan fingerprint density at radius 3 is 2.59 bits per heavy atom. The Balaban J connectivity index is 1.42. The average Bonchev–Trinajstić information content (AvgIpc) is 3.60. The van der Waals surface area contributed by atoms with Gasteiger partial charge in [-0.15, -0.1) is 11.3 Å². The highest BCUT2D eigenvalue weighted by Crippen LogP contribution is 2.35. The van der Waals surface area contributed by atoms with Crippen molar-refractivity contribution in [2.24, 2.45) is 0 Å². The van der Waals surface area contributed by atoms with Gasteiger partial charge in [0.15, 0.2) is 0 Å². The van der Waals surface area contributed by atoms with Crippen LogP contribution in [0.4, 0.5) is 5.69 Å². The van der Waals surface area contributed by atoms with Crippen LogP contribution in [-0.2, 0) is 16.6 Å². The van der Waals surface area contributed by atoms with Crippen molar-refractivity contribution in [2.75, 3.05) is 18.0 Å². The number of rotatable bonds is 7. The fourth-order valence-corrected chi connectivity index (χ4v) is 7.77. The van der Waals surface area contributed by atoms with Crippen LogP contribution in [0.5, 0.6) is 0 Å². The van der Waals surface area contributed by atoms with Gasteiger partial charge in [-0.05, 0) is 60.5 Å². The second-order valence-electron chi connectivity index (χ2n) is 8.63. The van der Waals surface area contributed by atoms with Gasteiger partial charge >= 0.3 is 0 Å². The van der Waals surface area contributed by atoms with E-state index >= 15 is 0 Å². The van der Waals surface area contributed by atoms with Crippen LogP contribution in [0.2, 0.25) is 10.0 Å². The maximum absolute atomic E-state index is 13.6. The molecule has 0 radical (unpaired) electrons. The molecule has 5 rings (SSSR count). The van der Waals surface area contributed by atoms with Crippen molar-refractivity contribution in [3.05, 3.63) is 100 Å². The number of nitriles is 1. The number of hydrogen-bond acceptors (Lipinski definition) is 6. The number of benzene rings is 2. The first-order chi connectivity index (χ1) is 17.9. The predicted octanol–water partition coefficient (Wildman–Crippen LogP) is 6.46. The molecule has 0 amide bonds. The predicted molar refractivity (Wildman–Crippen MR) is 149 cm³/mol. The first-order valence-electron chi connectivity index (χ1n) is 11.6. The van der Waals surface area contributed by atoms with Crippen molar-refractivity contribution in [1.29, 1.82) is 5.26 Å². The Morgan fingerprint density at radius 2 is 1.86 bits per heavy atom. The largest absolute Gasteiger partial charge is 0.363 e. The fourth-order valence-electron chi connectivity index (χ4n) is 4.43. The summed E-state index contributed by atoms with van der Waals surface area (Å²) in [4.78, 5) is 7.26. The number of halogens is 2. The normalized spacial score (nSPS) is 16.0. The Morgan fingerprint density at radius 1 is 1.05 bits per heavy atom. The SMILES string of the molecule is N#Cc1ccc(N(Cc2ccccc2Cl)[C@H]2CCN(S(=O)(=O)c3ccc(-c4ccccn4)s3)C2)cc1Cl. The maximum Gasteiger partial charge on any atom is 0.252 e. The molecular weight excluding hydrogens is 547 g/mol. The monoisotopic (exact) mass is 568 g/mol. The molecule has 0 saturated carbocycles. The molecule has 0 bridgehead atoms. The first kappa shape index (κ1) is 25.7. The molecule has 4 aromatic rings. The molecule has 0 N–H and O–H groups in total. The smallest absolute Gasteiger partial charge is 0.252 e. The number of anilines is 1. The maximum atomic E-state index is 13.6. The quantitative estimate of drug-likeness (QED) is 0.255. The van der Waals surface area contributed by atoms with E-state index in [9.17, 15) is 13.7 Å². The molecule has 1 aliphatic rings. The van der Waals surface area contributed by atoms with E-state index in [0.29, 0.717) is 45.9 Å². The zero-order chi connectivity index (χ0) is 26.0. The van der Waals surface area contributed by atoms with Crippen LogP contribution in [0.15, 0.2) is 83.2 Å². The number of hydrogen-bond donors (Lipinski definition) is 0. The molecule has 0 aliphatic carbocycles. The standard InChI is InChI=1S/C27H22Cl2N4O2S2/c28-23-6-2-1-5-20(23)17-33(21-9-8-19(16-30)24(29)15-21)22-12-14-32(18-22)37(34,35)27-11-10-26(36-27)25-7-3-4-13-31-25/h1-11,13,15,22H,12,14,17-18H2/t22-/m0/s1. The lowest BCUT2D eigenvalue weighted by Crippen LogP contribution is -2.38. The van der Waals surface area contributed by atoms with E-state index in [1.165, 1.54) is 15.6 Å². The number of pyridine rings is 1. The van der Waals surface area contributed by atoms with E-state index in [2.05, 4.69) is 16.0 Å². The van der Waals surface area contributed by atoms with E-state index in [1.54, 1.807) is 30.5 Å². The lowest BCUT2D eigenvalue weighted by Gasteiger charge is -2.32. The summed E-state index contributed by atoms with van der Waals surface area (Å²) in [6.07, 6.45) is 2.33. The number of nitrogens with zero attached hydrogens (tertiary/aromatic N) is 4. The summed E-state index contributed by atoms with van der Waals surface area (Å²) in [5, 5.41) is 10.3. The van der Waals surface area contributed by atoms with Gasteiger partial charge in [-0.1, -0.05) is 47.5 Å². The molecule has 3 heterocycles. The van der Waals surface area contributed by atoms with Crippen molar-refractivity contribution in [3.8, 4) is 16.6 Å². The van der Waals surface area contributed by atoms with Gasteiger partial charge in [0.2, 0.25) is 0 Å². The van der Waals surface area contributed by atoms with E-state index < -0.39 is 10.0 Å². The summed E-state index contributed by atoms with van der Waals surface area (Å²) in [7, 11) is -3.67. The van der Waals surface area contributed by atoms with Crippen molar-refractivity contribution in [1.82, 2.24) is 9.29 Å². The lowest BCUT2D eigenvalue weighted by molar-refractivity contribution is 0.470. The second kappa shape index (κ2) is 10.8. The van der Waals surface area contributed by atoms with Crippen LogP contribution in [-0.4, -0.2) is 36.8 Å². The summed E-state index contributed by atoms with van der Waals surface area (Å²) >= 11 is 14.1. The number of aromatic nitrogens is 1. The Labute approximate surface area is 230 Å². The minimum Gasteiger partial charge on any atom is -0.363 e. The molecule has 10 heteroatoms. The van der Waals surface area contributed by atoms with Crippen LogP contribution < -0.4 is 4.90 Å². The molecule has 2 aromatic heterocycles. The summed E-state index contributed by atoms with van der Waals surface area (Å²) in [5.41, 5.74) is 2.86. The minimum atomic E-state index is -3.67. The summed E-state index contributed by atoms with van der Waals surface area (Å²) < 4.78 is 28.9. The van der Waals surface area contributed by atoms with Crippen molar-refractivity contribution >= 4 is 50.2 Å². The zero-order valence-electron chi connectivity index (χ0n) is 19.6. The van der Waals surface area contributed by atoms with Gasteiger partial charge in [-0.3, -0.25) is 4.98 Å². The topological polar surface area (TPSA) is 77.3 Å². The molecule has 1 saturated heterocycles. The Hall–Kier alpha value is -2.93. The highest BCUT2D eigenvalue weighted by molar-refractivity contribution is 7.91. The molecule has 188 valence electrons. The minimum absolute atomic E-state index is 0.106. The fraction of sp³-hybridized carbons (Fsp3) is 0.185. The van der Waals surface area contributed by atoms with Gasteiger partial charge in [-0.2, -0.15) is 9.57 Å². The third-order valence-electron chi connectivity index (χ3n) is 6.36. The summed E-state index contributed by atoms with van der Waals surface area (Å²) in [5.74, 6) is 0. The van der Waals surface area contributed by atoms with Crippen LogP contribution >= 0.6 is 34.5 Å². The molecule has 1 fully saturated rings. The summed E-state index contributed by atoms with van der Waals surface area (Å²) in [6, 6.07) is 23.9. The van der Waals surface area contributed by atoms with Crippen LogP contribution in [0.1, 0.15) is 17.5 Å². The molecular formula is C27H22Cl2N4O2S2. The van der Waals surface area contributed by atoms with E-state index in [-0.39, 0.29) is 6.04 Å². The first-order valence-corrected chi connectivity index (χ1v) is 14.6. The third-order valence-corrected chi connectivity index (χ3v) is 10.5. The van der Waals surface area contributed by atoms with Crippen LogP contribution in [0.25, 0.3) is 10.6 Å². The van der Waals surface area contributed by atoms with Crippen molar-refractivity contribution < 1.29 is 8.42 Å². The van der Waals surface area contributed by atoms with E-state index in [0.717, 1.165) is 21.8 Å². The molecule has 1 aliphatic heterocycles. The van der Waals surface area contributed by atoms with Gasteiger partial charge in [0, 0.05) is 42.6 Å². The lowest BCUT2D eigenvalue weighted by atomic mass is 10.1. The van der Waals surface area contributed by atoms with Crippen molar-refractivity contribution in [2.45, 2.75) is 23.2 Å². The average molecular weight is 570 g/mol. The molecule has 1 atom stereocenters. The van der Waals surface area contributed by atoms with Gasteiger partial charge in [0.1, 0.15) is 10.3 Å². The van der Waals surface area contributed by atoms with Crippen LogP contribution in [0, 0.1) is 11.3 Å². The van der Waals surface area contributed by atoms with Crippen LogP contribution in [0.3, 0.4) is 0 Å². The highest BCUT2D eigenvalue weighted by atomic mass is 35.5. The second-order valence-corrected chi connectivity index (χ2v) is 12.7. The number of thiophene rings is 1. The molecule has 0 spiro atoms. The Bertz CT molecular complexity index is 1570. The zero-order valence-corrected chi connectivity index (χ0v) is 22.7. The highest BCUT2D eigenvalue weighted by Gasteiger charge is 2.36. The van der Waals surface area contributed by atoms with Gasteiger partial charge < -0.3 is 4.90 Å². The number of sulfonamides is 1. The van der Waals surface area contributed by atoms with E-state index in [1.807, 2.05) is 48.5 Å². The third kappa shape index (κ3) is 5.37. The molecule has 0 unspecified atom stereocenters. The molecule has 2 aromatic carbocycles. The van der Waals surface area contributed by atoms with Gasteiger partial charge in [0.25, 0.3) is 10.0 Å². The van der Waals surface area contributed by atoms with Gasteiger partial charge in [0.05, 0.1) is 21.2 Å².